The molecule has 7 nitrogen and oxygen atoms in total. The highest BCUT2D eigenvalue weighted by atomic mass is 35.5. The van der Waals surface area contributed by atoms with Crippen LogP contribution in [0.4, 0.5) is 13.2 Å². The number of primary amides is 1. The average Bonchev–Trinajstić information content (AvgIpc) is 3.32. The number of benzene rings is 2. The Labute approximate surface area is 194 Å². The van der Waals surface area contributed by atoms with Crippen molar-refractivity contribution in [1.82, 2.24) is 19.3 Å². The SMILES string of the molecule is Cn1cc(Cl)c2cc(-c3nn(-c4cccc5c(=O)[nH]ccc45)c(C(F)(F)F)c3C(N)=O)ccc21. The van der Waals surface area contributed by atoms with Gasteiger partial charge in [-0.05, 0) is 30.3 Å². The largest absolute Gasteiger partial charge is 0.434 e. The third-order valence-electron chi connectivity index (χ3n) is 5.63. The number of hydrogen-bond acceptors (Lipinski definition) is 3. The van der Waals surface area contributed by atoms with Crippen LogP contribution in [-0.2, 0) is 13.2 Å². The Bertz CT molecular complexity index is 1680. The number of alkyl halides is 3. The van der Waals surface area contributed by atoms with Crippen molar-refractivity contribution in [2.75, 3.05) is 0 Å². The minimum Gasteiger partial charge on any atom is -0.365 e. The quantitative estimate of drug-likeness (QED) is 0.389. The van der Waals surface area contributed by atoms with Crippen molar-refractivity contribution in [2.45, 2.75) is 6.18 Å². The molecule has 11 heteroatoms. The van der Waals surface area contributed by atoms with Crippen LogP contribution in [0.15, 0.2) is 59.7 Å². The summed E-state index contributed by atoms with van der Waals surface area (Å²) in [6, 6.07) is 10.6. The zero-order valence-corrected chi connectivity index (χ0v) is 18.2. The number of hydrogen-bond donors (Lipinski definition) is 2. The number of aromatic nitrogens is 4. The number of nitrogens with zero attached hydrogens (tertiary/aromatic N) is 3. The summed E-state index contributed by atoms with van der Waals surface area (Å²) in [7, 11) is 1.78. The first-order chi connectivity index (χ1) is 16.1. The summed E-state index contributed by atoms with van der Waals surface area (Å²) in [6.07, 6.45) is -1.99. The standard InChI is InChI=1S/C23H15ClF3N5O2/c1-31-10-15(24)14-9-11(5-6-16(14)31)19-18(21(28)33)20(23(25,26)27)32(30-19)17-4-2-3-13-12(17)7-8-29-22(13)34/h2-10H,1H3,(H2,28,33)(H,29,34). The summed E-state index contributed by atoms with van der Waals surface area (Å²) in [5.41, 5.74) is 3.58. The smallest absolute Gasteiger partial charge is 0.365 e. The molecular weight excluding hydrogens is 471 g/mol. The maximum Gasteiger partial charge on any atom is 0.434 e. The highest BCUT2D eigenvalue weighted by molar-refractivity contribution is 6.35. The Morgan fingerprint density at radius 3 is 2.59 bits per heavy atom. The van der Waals surface area contributed by atoms with Gasteiger partial charge in [-0.15, -0.1) is 0 Å². The van der Waals surface area contributed by atoms with Gasteiger partial charge in [-0.25, -0.2) is 4.68 Å². The molecule has 0 atom stereocenters. The third kappa shape index (κ3) is 3.26. The summed E-state index contributed by atoms with van der Waals surface area (Å²) in [5, 5.41) is 5.56. The van der Waals surface area contributed by atoms with Crippen LogP contribution in [0.25, 0.3) is 38.6 Å². The van der Waals surface area contributed by atoms with Crippen molar-refractivity contribution in [3.05, 3.63) is 81.5 Å². The van der Waals surface area contributed by atoms with Gasteiger partial charge < -0.3 is 15.3 Å². The van der Waals surface area contributed by atoms with Crippen molar-refractivity contribution >= 4 is 39.2 Å². The Balaban J connectivity index is 1.88. The van der Waals surface area contributed by atoms with Crippen molar-refractivity contribution in [3.8, 4) is 16.9 Å². The molecule has 5 rings (SSSR count). The predicted octanol–water partition coefficient (Wildman–Crippen LogP) is 4.64. The molecule has 0 aliphatic rings. The van der Waals surface area contributed by atoms with E-state index in [2.05, 4.69) is 10.1 Å². The van der Waals surface area contributed by atoms with Crippen molar-refractivity contribution in [2.24, 2.45) is 12.8 Å². The number of aromatic amines is 1. The molecule has 0 aliphatic carbocycles. The van der Waals surface area contributed by atoms with E-state index in [0.29, 0.717) is 15.1 Å². The molecule has 34 heavy (non-hydrogen) atoms. The second kappa shape index (κ2) is 7.49. The number of fused-ring (bicyclic) bond motifs is 2. The Hall–Kier alpha value is -4.05. The number of pyridine rings is 1. The molecule has 3 N–H and O–H groups in total. The van der Waals surface area contributed by atoms with Gasteiger partial charge in [-0.2, -0.15) is 18.3 Å². The zero-order valence-electron chi connectivity index (χ0n) is 17.4. The van der Waals surface area contributed by atoms with E-state index in [4.69, 9.17) is 17.3 Å². The first kappa shape index (κ1) is 21.8. The van der Waals surface area contributed by atoms with Gasteiger partial charge >= 0.3 is 6.18 Å². The Morgan fingerprint density at radius 1 is 1.12 bits per heavy atom. The first-order valence-corrected chi connectivity index (χ1v) is 10.3. The van der Waals surface area contributed by atoms with Crippen LogP contribution in [0.3, 0.4) is 0 Å². The summed E-state index contributed by atoms with van der Waals surface area (Å²) in [5.74, 6) is -1.29. The number of aryl methyl sites for hydroxylation is 1. The van der Waals surface area contributed by atoms with Gasteiger partial charge in [0, 0.05) is 46.7 Å². The van der Waals surface area contributed by atoms with Gasteiger partial charge in [0.05, 0.1) is 16.3 Å². The lowest BCUT2D eigenvalue weighted by atomic mass is 10.0. The van der Waals surface area contributed by atoms with Crippen molar-refractivity contribution in [3.63, 3.8) is 0 Å². The zero-order chi connectivity index (χ0) is 24.4. The van der Waals surface area contributed by atoms with Gasteiger partial charge in [-0.1, -0.05) is 23.7 Å². The molecular formula is C23H15ClF3N5O2. The molecule has 0 bridgehead atoms. The van der Waals surface area contributed by atoms with E-state index in [1.54, 1.807) is 36.0 Å². The summed E-state index contributed by atoms with van der Waals surface area (Å²) < 4.78 is 45.4. The average molecular weight is 486 g/mol. The van der Waals surface area contributed by atoms with Crippen molar-refractivity contribution < 1.29 is 18.0 Å². The lowest BCUT2D eigenvalue weighted by Crippen LogP contribution is -2.21. The summed E-state index contributed by atoms with van der Waals surface area (Å²) in [4.78, 5) is 27.0. The topological polar surface area (TPSA) is 98.7 Å². The van der Waals surface area contributed by atoms with Gasteiger partial charge in [0.1, 0.15) is 5.69 Å². The molecule has 0 radical (unpaired) electrons. The Morgan fingerprint density at radius 2 is 1.88 bits per heavy atom. The molecule has 1 amide bonds. The van der Waals surface area contributed by atoms with E-state index in [1.165, 1.54) is 30.5 Å². The number of amides is 1. The summed E-state index contributed by atoms with van der Waals surface area (Å²) in [6.45, 7) is 0. The lowest BCUT2D eigenvalue weighted by molar-refractivity contribution is -0.143. The number of nitrogens with one attached hydrogen (secondary N) is 1. The number of nitrogens with two attached hydrogens (primary N) is 1. The highest BCUT2D eigenvalue weighted by Crippen LogP contribution is 2.40. The van der Waals surface area contributed by atoms with Crippen LogP contribution in [0, 0.1) is 0 Å². The number of rotatable bonds is 3. The molecule has 3 aromatic heterocycles. The van der Waals surface area contributed by atoms with Gasteiger partial charge in [0.2, 0.25) is 0 Å². The normalized spacial score (nSPS) is 12.0. The van der Waals surface area contributed by atoms with Crippen LogP contribution < -0.4 is 11.3 Å². The molecule has 0 saturated heterocycles. The fourth-order valence-corrected chi connectivity index (χ4v) is 4.47. The molecule has 0 spiro atoms. The van der Waals surface area contributed by atoms with E-state index in [1.807, 2.05) is 0 Å². The van der Waals surface area contributed by atoms with Crippen LogP contribution in [-0.4, -0.2) is 25.2 Å². The minimum atomic E-state index is -4.98. The Kier molecular flexibility index (Phi) is 4.80. The number of H-pyrrole nitrogens is 1. The van der Waals surface area contributed by atoms with Crippen LogP contribution in [0.2, 0.25) is 5.02 Å². The highest BCUT2D eigenvalue weighted by Gasteiger charge is 2.42. The maximum atomic E-state index is 14.3. The third-order valence-corrected chi connectivity index (χ3v) is 5.94. The van der Waals surface area contributed by atoms with E-state index >= 15 is 0 Å². The van der Waals surface area contributed by atoms with Gasteiger partial charge in [-0.3, -0.25) is 9.59 Å². The van der Waals surface area contributed by atoms with Crippen LogP contribution in [0.1, 0.15) is 16.1 Å². The molecule has 0 saturated carbocycles. The summed E-state index contributed by atoms with van der Waals surface area (Å²) >= 11 is 6.27. The fourth-order valence-electron chi connectivity index (χ4n) is 4.17. The van der Waals surface area contributed by atoms with E-state index in [9.17, 15) is 22.8 Å². The molecule has 0 fully saturated rings. The van der Waals surface area contributed by atoms with Gasteiger partial charge in [0.25, 0.3) is 11.5 Å². The maximum absolute atomic E-state index is 14.3. The molecule has 3 heterocycles. The second-order valence-corrected chi connectivity index (χ2v) is 8.12. The molecule has 2 aromatic carbocycles. The lowest BCUT2D eigenvalue weighted by Gasteiger charge is -2.13. The van der Waals surface area contributed by atoms with Crippen LogP contribution in [0.5, 0.6) is 0 Å². The van der Waals surface area contributed by atoms with Gasteiger partial charge in [0.15, 0.2) is 5.69 Å². The monoisotopic (exact) mass is 485 g/mol. The van der Waals surface area contributed by atoms with E-state index in [0.717, 1.165) is 5.52 Å². The molecule has 172 valence electrons. The fraction of sp³-hybridized carbons (Fsp3) is 0.0870. The predicted molar refractivity (Wildman–Crippen MR) is 122 cm³/mol. The first-order valence-electron chi connectivity index (χ1n) is 9.93. The van der Waals surface area contributed by atoms with E-state index < -0.39 is 28.9 Å². The van der Waals surface area contributed by atoms with E-state index in [-0.39, 0.29) is 27.7 Å². The molecule has 0 unspecified atom stereocenters. The van der Waals surface area contributed by atoms with Crippen molar-refractivity contribution in [1.29, 1.82) is 0 Å². The van der Waals surface area contributed by atoms with Crippen LogP contribution >= 0.6 is 11.6 Å². The molecule has 0 aliphatic heterocycles. The number of carbonyl (C=O) groups is 1. The number of halogens is 4. The number of carbonyl (C=O) groups excluding carboxylic acids is 1. The second-order valence-electron chi connectivity index (χ2n) is 7.71. The molecule has 5 aromatic rings. The minimum absolute atomic E-state index is 0.0245.